The van der Waals surface area contributed by atoms with Crippen molar-refractivity contribution < 1.29 is 32.9 Å². The Labute approximate surface area is 200 Å². The Morgan fingerprint density at radius 2 is 1.94 bits per heavy atom. The number of unbranched alkanes of at least 4 members (excludes halogenated alkanes) is 1. The van der Waals surface area contributed by atoms with E-state index in [1.165, 1.54) is 12.1 Å². The molecule has 182 valence electrons. The van der Waals surface area contributed by atoms with Gasteiger partial charge in [0.1, 0.15) is 17.6 Å². The molecule has 1 aliphatic heterocycles. The molecule has 0 atom stereocenters. The van der Waals surface area contributed by atoms with E-state index in [1.54, 1.807) is 46.4 Å². The number of anilines is 1. The second kappa shape index (κ2) is 11.0. The van der Waals surface area contributed by atoms with Crippen LogP contribution in [-0.2, 0) is 14.6 Å². The van der Waals surface area contributed by atoms with Crippen molar-refractivity contribution in [2.75, 3.05) is 26.1 Å². The normalized spacial score (nSPS) is 14.1. The Hall–Kier alpha value is -3.67. The lowest BCUT2D eigenvalue weighted by Gasteiger charge is -2.32. The zero-order valence-electron chi connectivity index (χ0n) is 19.2. The van der Waals surface area contributed by atoms with Crippen LogP contribution in [0.25, 0.3) is 0 Å². The molecule has 34 heavy (non-hydrogen) atoms. The molecule has 1 N–H and O–H groups in total. The fourth-order valence-corrected chi connectivity index (χ4v) is 3.69. The van der Waals surface area contributed by atoms with Crippen LogP contribution in [0, 0.1) is 10.1 Å². The maximum absolute atomic E-state index is 11.7. The van der Waals surface area contributed by atoms with Crippen LogP contribution in [-0.4, -0.2) is 38.1 Å². The molecule has 0 aliphatic carbocycles. The molecule has 0 spiro atoms. The number of benzene rings is 2. The summed E-state index contributed by atoms with van der Waals surface area (Å²) in [6.45, 7) is 3.63. The van der Waals surface area contributed by atoms with Gasteiger partial charge >= 0.3 is 11.8 Å². The number of rotatable bonds is 11. The summed E-state index contributed by atoms with van der Waals surface area (Å²) < 4.78 is 26.6. The van der Waals surface area contributed by atoms with E-state index in [1.807, 2.05) is 6.07 Å². The molecule has 3 rings (SSSR count). The monoisotopic (exact) mass is 491 g/mol. The van der Waals surface area contributed by atoms with Gasteiger partial charge in [-0.2, -0.15) is 0 Å². The summed E-state index contributed by atoms with van der Waals surface area (Å²) in [5.41, 5.74) is -0.257. The van der Waals surface area contributed by atoms with Crippen molar-refractivity contribution in [3.8, 4) is 17.2 Å². The first-order valence-corrected chi connectivity index (χ1v) is 11.0. The smallest absolute Gasteiger partial charge is 0.412 e. The van der Waals surface area contributed by atoms with Gasteiger partial charge in [0.05, 0.1) is 36.3 Å². The summed E-state index contributed by atoms with van der Waals surface area (Å²) in [6, 6.07) is 8.18. The second-order valence-corrected chi connectivity index (χ2v) is 8.39. The number of fused-ring (bicyclic) bond motifs is 1. The molecule has 1 amide bonds. The van der Waals surface area contributed by atoms with Gasteiger partial charge in [0.25, 0.3) is 0 Å². The van der Waals surface area contributed by atoms with Crippen molar-refractivity contribution in [1.82, 2.24) is 0 Å². The van der Waals surface area contributed by atoms with Crippen molar-refractivity contribution in [2.45, 2.75) is 37.2 Å². The van der Waals surface area contributed by atoms with Gasteiger partial charge in [-0.15, -0.1) is 0 Å². The lowest BCUT2D eigenvalue weighted by molar-refractivity contribution is -0.385. The third-order valence-electron chi connectivity index (χ3n) is 4.87. The number of oxime groups is 1. The third-order valence-corrected chi connectivity index (χ3v) is 5.48. The summed E-state index contributed by atoms with van der Waals surface area (Å²) in [7, 11) is 3.12. The van der Waals surface area contributed by atoms with Crippen molar-refractivity contribution in [3.63, 3.8) is 0 Å². The third kappa shape index (κ3) is 6.01. The van der Waals surface area contributed by atoms with Crippen LogP contribution in [0.1, 0.15) is 32.3 Å². The number of carbonyl (C=O) groups excluding carboxylic acids is 1. The molecule has 0 saturated heterocycles. The lowest BCUT2D eigenvalue weighted by Crippen LogP contribution is -2.34. The zero-order chi connectivity index (χ0) is 24.7. The molecule has 12 heteroatoms. The summed E-state index contributed by atoms with van der Waals surface area (Å²) in [5, 5.41) is 17.9. The number of amides is 1. The number of carbonyl (C=O) groups is 1. The molecule has 0 aromatic heterocycles. The fraction of sp³-hybridized carbons (Fsp3) is 0.364. The van der Waals surface area contributed by atoms with E-state index in [0.29, 0.717) is 35.6 Å². The van der Waals surface area contributed by atoms with Crippen LogP contribution < -0.4 is 19.5 Å². The van der Waals surface area contributed by atoms with Gasteiger partial charge in [-0.05, 0) is 44.9 Å². The van der Waals surface area contributed by atoms with Crippen molar-refractivity contribution in [3.05, 3.63) is 46.0 Å². The highest BCUT2D eigenvalue weighted by Crippen LogP contribution is 2.42. The zero-order valence-corrected chi connectivity index (χ0v) is 20.0. The fourth-order valence-electron chi connectivity index (χ4n) is 3.22. The molecule has 2 aromatic rings. The number of ether oxygens (including phenoxy) is 4. The van der Waals surface area contributed by atoms with Crippen LogP contribution in [0.5, 0.6) is 17.2 Å². The summed E-state index contributed by atoms with van der Waals surface area (Å²) in [5.74, 6) is 1.31. The molecule has 1 aliphatic rings. The van der Waals surface area contributed by atoms with Crippen LogP contribution >= 0.6 is 12.0 Å². The van der Waals surface area contributed by atoms with Crippen molar-refractivity contribution in [2.24, 2.45) is 5.16 Å². The predicted octanol–water partition coefficient (Wildman–Crippen LogP) is 5.28. The largest absolute Gasteiger partial charge is 0.493 e. The molecule has 0 unspecified atom stereocenters. The lowest BCUT2D eigenvalue weighted by atomic mass is 9.94. The Kier molecular flexibility index (Phi) is 8.05. The minimum absolute atomic E-state index is 0.105. The average molecular weight is 492 g/mol. The van der Waals surface area contributed by atoms with Crippen molar-refractivity contribution >= 4 is 35.7 Å². The summed E-state index contributed by atoms with van der Waals surface area (Å²) in [4.78, 5) is 23.4. The Bertz CT molecular complexity index is 1090. The Morgan fingerprint density at radius 1 is 1.18 bits per heavy atom. The average Bonchev–Trinajstić information content (AvgIpc) is 2.79. The summed E-state index contributed by atoms with van der Waals surface area (Å²) >= 11 is 1.07. The standard InChI is InChI=1S/C22H25N3O8S/c1-22(2)15-12-19(17(25(27)28)13-16(15)24-21(26)32-22)31-10-6-5-9-23-33-34-14-7-8-18(29-3)20(11-14)30-4/h7-9,11-13H,5-6,10H2,1-4H3,(H,24,26). The first-order valence-electron chi connectivity index (χ1n) is 10.3. The van der Waals surface area contributed by atoms with E-state index in [9.17, 15) is 14.9 Å². The molecule has 0 bridgehead atoms. The molecular weight excluding hydrogens is 466 g/mol. The number of cyclic esters (lactones) is 1. The van der Waals surface area contributed by atoms with Crippen LogP contribution in [0.2, 0.25) is 0 Å². The molecule has 1 heterocycles. The van der Waals surface area contributed by atoms with Gasteiger partial charge in [-0.25, -0.2) is 4.79 Å². The topological polar surface area (TPSA) is 131 Å². The minimum Gasteiger partial charge on any atom is -0.493 e. The Morgan fingerprint density at radius 3 is 2.65 bits per heavy atom. The number of hydrogen-bond acceptors (Lipinski definition) is 10. The van der Waals surface area contributed by atoms with Crippen LogP contribution in [0.3, 0.4) is 0 Å². The van der Waals surface area contributed by atoms with E-state index in [4.69, 9.17) is 23.2 Å². The van der Waals surface area contributed by atoms with Gasteiger partial charge < -0.3 is 23.2 Å². The maximum atomic E-state index is 11.7. The molecule has 0 fully saturated rings. The number of nitrogens with one attached hydrogen (secondary N) is 1. The highest BCUT2D eigenvalue weighted by Gasteiger charge is 2.36. The number of nitro groups is 1. The molecule has 2 aromatic carbocycles. The highest BCUT2D eigenvalue weighted by molar-refractivity contribution is 7.94. The quantitative estimate of drug-likeness (QED) is 0.147. The number of nitrogens with zero attached hydrogens (tertiary/aromatic N) is 2. The van der Waals surface area contributed by atoms with E-state index < -0.39 is 16.6 Å². The van der Waals surface area contributed by atoms with E-state index in [-0.39, 0.29) is 18.0 Å². The van der Waals surface area contributed by atoms with Crippen LogP contribution in [0.15, 0.2) is 40.4 Å². The van der Waals surface area contributed by atoms with Gasteiger partial charge in [0.2, 0.25) is 0 Å². The Balaban J connectivity index is 1.50. The van der Waals surface area contributed by atoms with E-state index >= 15 is 0 Å². The summed E-state index contributed by atoms with van der Waals surface area (Å²) in [6.07, 6.45) is 2.02. The molecule has 0 radical (unpaired) electrons. The van der Waals surface area contributed by atoms with Gasteiger partial charge in [0.15, 0.2) is 17.2 Å². The van der Waals surface area contributed by atoms with Crippen LogP contribution in [0.4, 0.5) is 16.2 Å². The second-order valence-electron chi connectivity index (χ2n) is 7.60. The molecule has 0 saturated carbocycles. The van der Waals surface area contributed by atoms with Crippen molar-refractivity contribution in [1.29, 1.82) is 0 Å². The highest BCUT2D eigenvalue weighted by atomic mass is 32.2. The first-order chi connectivity index (χ1) is 16.2. The molecule has 11 nitrogen and oxygen atoms in total. The first kappa shape index (κ1) is 25.0. The number of methoxy groups -OCH3 is 2. The minimum atomic E-state index is -0.944. The van der Waals surface area contributed by atoms with E-state index in [0.717, 1.165) is 16.9 Å². The maximum Gasteiger partial charge on any atom is 0.412 e. The van der Waals surface area contributed by atoms with Gasteiger partial charge in [-0.1, -0.05) is 5.16 Å². The van der Waals surface area contributed by atoms with E-state index in [2.05, 4.69) is 10.5 Å². The number of hydrogen-bond donors (Lipinski definition) is 1. The SMILES string of the molecule is COc1ccc(SON=CCCCOc2cc3c(cc2[N+](=O)[O-])NC(=O)OC3(C)C)cc1OC. The van der Waals surface area contributed by atoms with Gasteiger partial charge in [-0.3, -0.25) is 15.4 Å². The van der Waals surface area contributed by atoms with Gasteiger partial charge in [0, 0.05) is 23.9 Å². The number of nitro benzene ring substituents is 1. The molecular formula is C22H25N3O8S. The predicted molar refractivity (Wildman–Crippen MR) is 126 cm³/mol.